The van der Waals surface area contributed by atoms with Gasteiger partial charge in [-0.1, -0.05) is 23.7 Å². The van der Waals surface area contributed by atoms with E-state index in [0.717, 1.165) is 47.3 Å². The van der Waals surface area contributed by atoms with Crippen molar-refractivity contribution in [2.24, 2.45) is 0 Å². The molecule has 1 N–H and O–H groups in total. The molecular formula is C14H15ClN2OS. The molecule has 1 fully saturated rings. The lowest BCUT2D eigenvalue weighted by Gasteiger charge is -2.12. The summed E-state index contributed by atoms with van der Waals surface area (Å²) in [6.07, 6.45) is 0.697. The number of aliphatic hydroxyl groups is 1. The molecule has 2 aromatic rings. The Balaban J connectivity index is 1.71. The molecule has 3 rings (SSSR count). The van der Waals surface area contributed by atoms with E-state index < -0.39 is 0 Å². The van der Waals surface area contributed by atoms with E-state index in [4.69, 9.17) is 11.6 Å². The number of hydrogen-bond acceptors (Lipinski definition) is 4. The third-order valence-corrected chi connectivity index (χ3v) is 4.47. The molecule has 5 heteroatoms. The topological polar surface area (TPSA) is 36.4 Å². The normalized spacial score (nSPS) is 20.0. The lowest BCUT2D eigenvalue weighted by molar-refractivity contribution is 0.174. The fraction of sp³-hybridized carbons (Fsp3) is 0.357. The smallest absolute Gasteiger partial charge is 0.123 e. The van der Waals surface area contributed by atoms with Crippen molar-refractivity contribution in [2.45, 2.75) is 19.1 Å². The molecule has 0 saturated carbocycles. The summed E-state index contributed by atoms with van der Waals surface area (Å²) in [6, 6.07) is 7.75. The van der Waals surface area contributed by atoms with Crippen molar-refractivity contribution in [3.05, 3.63) is 40.4 Å². The van der Waals surface area contributed by atoms with Gasteiger partial charge in [0.05, 0.1) is 11.8 Å². The van der Waals surface area contributed by atoms with E-state index >= 15 is 0 Å². The second kappa shape index (κ2) is 5.59. The van der Waals surface area contributed by atoms with Crippen LogP contribution in [0.15, 0.2) is 29.6 Å². The Bertz CT molecular complexity index is 555. The van der Waals surface area contributed by atoms with E-state index in [-0.39, 0.29) is 6.10 Å². The van der Waals surface area contributed by atoms with Crippen LogP contribution < -0.4 is 0 Å². The van der Waals surface area contributed by atoms with Gasteiger partial charge in [0.25, 0.3) is 0 Å². The number of hydrogen-bond donors (Lipinski definition) is 1. The van der Waals surface area contributed by atoms with Crippen molar-refractivity contribution in [3.63, 3.8) is 0 Å². The zero-order valence-corrected chi connectivity index (χ0v) is 12.0. The maximum atomic E-state index is 9.51. The van der Waals surface area contributed by atoms with Crippen LogP contribution >= 0.6 is 22.9 Å². The molecule has 1 atom stereocenters. The molecule has 2 heterocycles. The lowest BCUT2D eigenvalue weighted by atomic mass is 10.2. The van der Waals surface area contributed by atoms with Gasteiger partial charge in [0.15, 0.2) is 0 Å². The molecule has 1 aromatic carbocycles. The monoisotopic (exact) mass is 294 g/mol. The van der Waals surface area contributed by atoms with E-state index in [1.54, 1.807) is 11.3 Å². The highest BCUT2D eigenvalue weighted by molar-refractivity contribution is 7.13. The molecule has 3 nitrogen and oxygen atoms in total. The summed E-state index contributed by atoms with van der Waals surface area (Å²) in [5.41, 5.74) is 2.17. The zero-order valence-electron chi connectivity index (χ0n) is 10.4. The van der Waals surface area contributed by atoms with Crippen LogP contribution in [0.5, 0.6) is 0 Å². The Labute approximate surface area is 121 Å². The summed E-state index contributed by atoms with van der Waals surface area (Å²) in [5.74, 6) is 0. The largest absolute Gasteiger partial charge is 0.392 e. The van der Waals surface area contributed by atoms with Gasteiger partial charge in [-0.15, -0.1) is 11.3 Å². The van der Waals surface area contributed by atoms with Crippen LogP contribution in [0, 0.1) is 0 Å². The first-order valence-corrected chi connectivity index (χ1v) is 7.57. The van der Waals surface area contributed by atoms with Gasteiger partial charge in [0, 0.05) is 35.6 Å². The summed E-state index contributed by atoms with van der Waals surface area (Å²) >= 11 is 7.53. The van der Waals surface area contributed by atoms with Gasteiger partial charge in [0.2, 0.25) is 0 Å². The third kappa shape index (κ3) is 3.15. The SMILES string of the molecule is O[C@H]1CCN(Cc2csc(-c3ccc(Cl)cc3)n2)C1. The molecular weight excluding hydrogens is 280 g/mol. The molecule has 0 radical (unpaired) electrons. The van der Waals surface area contributed by atoms with Gasteiger partial charge in [0.1, 0.15) is 5.01 Å². The predicted octanol–water partition coefficient (Wildman–Crippen LogP) is 3.03. The summed E-state index contributed by atoms with van der Waals surface area (Å²) in [6.45, 7) is 2.53. The Kier molecular flexibility index (Phi) is 3.84. The number of aliphatic hydroxyl groups excluding tert-OH is 1. The van der Waals surface area contributed by atoms with Crippen molar-refractivity contribution in [3.8, 4) is 10.6 Å². The Morgan fingerprint density at radius 2 is 2.16 bits per heavy atom. The van der Waals surface area contributed by atoms with Gasteiger partial charge in [-0.3, -0.25) is 4.90 Å². The number of nitrogens with zero attached hydrogens (tertiary/aromatic N) is 2. The first-order valence-electron chi connectivity index (χ1n) is 6.31. The molecule has 19 heavy (non-hydrogen) atoms. The van der Waals surface area contributed by atoms with Gasteiger partial charge >= 0.3 is 0 Å². The third-order valence-electron chi connectivity index (χ3n) is 3.28. The van der Waals surface area contributed by atoms with Crippen molar-refractivity contribution in [1.82, 2.24) is 9.88 Å². The fourth-order valence-electron chi connectivity index (χ4n) is 2.29. The van der Waals surface area contributed by atoms with Crippen LogP contribution in [0.4, 0.5) is 0 Å². The Morgan fingerprint density at radius 1 is 1.37 bits per heavy atom. The first kappa shape index (κ1) is 13.1. The summed E-state index contributed by atoms with van der Waals surface area (Å²) < 4.78 is 0. The Hall–Kier alpha value is -0.940. The number of rotatable bonds is 3. The molecule has 0 spiro atoms. The van der Waals surface area contributed by atoms with Crippen LogP contribution in [-0.4, -0.2) is 34.2 Å². The van der Waals surface area contributed by atoms with E-state index in [2.05, 4.69) is 15.3 Å². The first-order chi connectivity index (χ1) is 9.20. The average molecular weight is 295 g/mol. The van der Waals surface area contributed by atoms with Crippen molar-refractivity contribution < 1.29 is 5.11 Å². The van der Waals surface area contributed by atoms with Crippen LogP contribution in [0.25, 0.3) is 10.6 Å². The molecule has 0 bridgehead atoms. The predicted molar refractivity (Wildman–Crippen MR) is 78.5 cm³/mol. The van der Waals surface area contributed by atoms with Gasteiger partial charge in [-0.2, -0.15) is 0 Å². The highest BCUT2D eigenvalue weighted by Gasteiger charge is 2.20. The number of benzene rings is 1. The Morgan fingerprint density at radius 3 is 2.84 bits per heavy atom. The van der Waals surface area contributed by atoms with E-state index in [1.807, 2.05) is 24.3 Å². The summed E-state index contributed by atoms with van der Waals surface area (Å²) in [4.78, 5) is 6.89. The minimum absolute atomic E-state index is 0.172. The van der Waals surface area contributed by atoms with Gasteiger partial charge in [-0.25, -0.2) is 4.98 Å². The zero-order chi connectivity index (χ0) is 13.2. The van der Waals surface area contributed by atoms with Gasteiger partial charge in [-0.05, 0) is 18.6 Å². The minimum Gasteiger partial charge on any atom is -0.392 e. The fourth-order valence-corrected chi connectivity index (χ4v) is 3.23. The van der Waals surface area contributed by atoms with E-state index in [1.165, 1.54) is 0 Å². The number of likely N-dealkylation sites (tertiary alicyclic amines) is 1. The molecule has 1 saturated heterocycles. The molecule has 1 aromatic heterocycles. The molecule has 1 aliphatic rings. The molecule has 0 aliphatic carbocycles. The van der Waals surface area contributed by atoms with Gasteiger partial charge < -0.3 is 5.11 Å². The second-order valence-electron chi connectivity index (χ2n) is 4.83. The van der Waals surface area contributed by atoms with Crippen molar-refractivity contribution >= 4 is 22.9 Å². The molecule has 0 unspecified atom stereocenters. The second-order valence-corrected chi connectivity index (χ2v) is 6.12. The lowest BCUT2D eigenvalue weighted by Crippen LogP contribution is -2.21. The maximum Gasteiger partial charge on any atom is 0.123 e. The molecule has 0 amide bonds. The summed E-state index contributed by atoms with van der Waals surface area (Å²) in [7, 11) is 0. The molecule has 100 valence electrons. The maximum absolute atomic E-state index is 9.51. The van der Waals surface area contributed by atoms with Crippen LogP contribution in [0.1, 0.15) is 12.1 Å². The highest BCUT2D eigenvalue weighted by atomic mass is 35.5. The standard InChI is InChI=1S/C14H15ClN2OS/c15-11-3-1-10(2-4-11)14-16-12(9-19-14)7-17-6-5-13(18)8-17/h1-4,9,13,18H,5-8H2/t13-/m0/s1. The molecule has 1 aliphatic heterocycles. The van der Waals surface area contributed by atoms with Crippen molar-refractivity contribution in [1.29, 1.82) is 0 Å². The highest BCUT2D eigenvalue weighted by Crippen LogP contribution is 2.26. The van der Waals surface area contributed by atoms with E-state index in [0.29, 0.717) is 0 Å². The number of β-amino-alcohol motifs (C(OH)–C–C–N with tert-alkyl or cyclic N) is 1. The number of thiazole rings is 1. The minimum atomic E-state index is -0.172. The average Bonchev–Trinajstić information content (AvgIpc) is 3.00. The summed E-state index contributed by atoms with van der Waals surface area (Å²) in [5, 5.41) is 13.4. The van der Waals surface area contributed by atoms with Crippen LogP contribution in [0.3, 0.4) is 0 Å². The quantitative estimate of drug-likeness (QED) is 0.945. The van der Waals surface area contributed by atoms with Crippen molar-refractivity contribution in [2.75, 3.05) is 13.1 Å². The number of aromatic nitrogens is 1. The van der Waals surface area contributed by atoms with E-state index in [9.17, 15) is 5.11 Å². The van der Waals surface area contributed by atoms with Crippen LogP contribution in [0.2, 0.25) is 5.02 Å². The number of halogens is 1. The van der Waals surface area contributed by atoms with Crippen LogP contribution in [-0.2, 0) is 6.54 Å².